The van der Waals surface area contributed by atoms with Gasteiger partial charge in [0, 0.05) is 18.7 Å². The molecule has 26 heavy (non-hydrogen) atoms. The minimum absolute atomic E-state index is 0.0773. The van der Waals surface area contributed by atoms with Crippen LogP contribution in [0.3, 0.4) is 0 Å². The van der Waals surface area contributed by atoms with Crippen molar-refractivity contribution in [1.82, 2.24) is 10.0 Å². The monoisotopic (exact) mass is 375 g/mol. The summed E-state index contributed by atoms with van der Waals surface area (Å²) in [4.78, 5) is 24.3. The van der Waals surface area contributed by atoms with Gasteiger partial charge in [-0.3, -0.25) is 9.59 Å². The number of para-hydroxylation sites is 1. The summed E-state index contributed by atoms with van der Waals surface area (Å²) in [6.45, 7) is 3.45. The van der Waals surface area contributed by atoms with Crippen molar-refractivity contribution in [3.63, 3.8) is 0 Å². The Morgan fingerprint density at radius 1 is 0.923 bits per heavy atom. The molecule has 138 valence electrons. The molecule has 0 fully saturated rings. The summed E-state index contributed by atoms with van der Waals surface area (Å²) < 4.78 is 26.7. The van der Waals surface area contributed by atoms with Crippen LogP contribution in [0.4, 0.5) is 5.69 Å². The number of rotatable bonds is 6. The molecule has 0 aliphatic rings. The molecule has 0 saturated carbocycles. The van der Waals surface area contributed by atoms with E-state index < -0.39 is 15.9 Å². The van der Waals surface area contributed by atoms with Crippen molar-refractivity contribution in [2.24, 2.45) is 0 Å². The lowest BCUT2D eigenvalue weighted by molar-refractivity contribution is 0.0964. The Morgan fingerprint density at radius 2 is 1.54 bits per heavy atom. The highest BCUT2D eigenvalue weighted by Gasteiger charge is 2.17. The number of nitrogens with one attached hydrogen (secondary N) is 3. The fraction of sp³-hybridized carbons (Fsp3) is 0.222. The van der Waals surface area contributed by atoms with Gasteiger partial charge in [0.15, 0.2) is 0 Å². The number of hydrogen-bond acceptors (Lipinski definition) is 4. The minimum Gasteiger partial charge on any atom is -0.355 e. The van der Waals surface area contributed by atoms with E-state index in [-0.39, 0.29) is 22.4 Å². The van der Waals surface area contributed by atoms with E-state index in [0.29, 0.717) is 11.3 Å². The number of sulfonamides is 1. The van der Waals surface area contributed by atoms with Crippen molar-refractivity contribution in [3.8, 4) is 0 Å². The Hall–Kier alpha value is -2.71. The van der Waals surface area contributed by atoms with Crippen LogP contribution < -0.4 is 15.4 Å². The van der Waals surface area contributed by atoms with Crippen LogP contribution in [0.1, 0.15) is 34.6 Å². The molecule has 2 aromatic rings. The predicted octanol–water partition coefficient (Wildman–Crippen LogP) is 1.99. The van der Waals surface area contributed by atoms with Crippen LogP contribution in [0.25, 0.3) is 0 Å². The third kappa shape index (κ3) is 4.68. The van der Waals surface area contributed by atoms with E-state index in [9.17, 15) is 18.0 Å². The highest BCUT2D eigenvalue weighted by molar-refractivity contribution is 7.89. The third-order valence-electron chi connectivity index (χ3n) is 3.46. The molecule has 0 aliphatic heterocycles. The van der Waals surface area contributed by atoms with Crippen molar-refractivity contribution in [2.75, 3.05) is 12.4 Å². The smallest absolute Gasteiger partial charge is 0.255 e. The molecule has 0 aliphatic carbocycles. The molecule has 0 saturated heterocycles. The minimum atomic E-state index is -3.62. The molecule has 0 atom stereocenters. The summed E-state index contributed by atoms with van der Waals surface area (Å²) in [5.74, 6) is -0.760. The Bertz CT molecular complexity index is 906. The molecule has 7 nitrogen and oxygen atoms in total. The van der Waals surface area contributed by atoms with E-state index >= 15 is 0 Å². The summed E-state index contributed by atoms with van der Waals surface area (Å²) >= 11 is 0. The second-order valence-electron chi connectivity index (χ2n) is 5.88. The Labute approximate surface area is 152 Å². The van der Waals surface area contributed by atoms with Gasteiger partial charge in [-0.25, -0.2) is 13.1 Å². The van der Waals surface area contributed by atoms with Crippen LogP contribution in [0, 0.1) is 0 Å². The molecule has 2 rings (SSSR count). The summed E-state index contributed by atoms with van der Waals surface area (Å²) in [6.07, 6.45) is 0. The Balaban J connectivity index is 2.21. The average molecular weight is 375 g/mol. The molecule has 2 amide bonds. The van der Waals surface area contributed by atoms with Gasteiger partial charge in [0.1, 0.15) is 0 Å². The van der Waals surface area contributed by atoms with Gasteiger partial charge in [-0.1, -0.05) is 12.1 Å². The summed E-state index contributed by atoms with van der Waals surface area (Å²) in [5, 5.41) is 5.18. The first-order valence-corrected chi connectivity index (χ1v) is 9.48. The van der Waals surface area contributed by atoms with Crippen LogP contribution in [-0.2, 0) is 10.0 Å². The van der Waals surface area contributed by atoms with Gasteiger partial charge in [0.25, 0.3) is 11.8 Å². The zero-order valence-corrected chi connectivity index (χ0v) is 15.6. The lowest BCUT2D eigenvalue weighted by atomic mass is 10.1. The molecule has 0 aromatic heterocycles. The number of hydrogen-bond donors (Lipinski definition) is 3. The molecule has 3 N–H and O–H groups in total. The zero-order valence-electron chi connectivity index (χ0n) is 14.7. The molecule has 0 unspecified atom stereocenters. The summed E-state index contributed by atoms with van der Waals surface area (Å²) in [7, 11) is -2.11. The number of carbonyl (C=O) groups is 2. The van der Waals surface area contributed by atoms with Crippen LogP contribution in [0.2, 0.25) is 0 Å². The molecule has 2 aromatic carbocycles. The van der Waals surface area contributed by atoms with Crippen molar-refractivity contribution < 1.29 is 18.0 Å². The van der Waals surface area contributed by atoms with Crippen LogP contribution >= 0.6 is 0 Å². The number of amides is 2. The average Bonchev–Trinajstić information content (AvgIpc) is 2.60. The molecule has 0 bridgehead atoms. The van der Waals surface area contributed by atoms with E-state index in [0.717, 1.165) is 0 Å². The van der Waals surface area contributed by atoms with Crippen molar-refractivity contribution >= 4 is 27.5 Å². The molecule has 0 spiro atoms. The SMILES string of the molecule is CNC(=O)c1ccccc1NC(=O)c1ccc(S(=O)(=O)NC(C)C)cc1. The first-order valence-electron chi connectivity index (χ1n) is 7.99. The highest BCUT2D eigenvalue weighted by atomic mass is 32.2. The molecule has 0 radical (unpaired) electrons. The summed E-state index contributed by atoms with van der Waals surface area (Å²) in [6, 6.07) is 12.0. The molecule has 8 heteroatoms. The van der Waals surface area contributed by atoms with E-state index in [4.69, 9.17) is 0 Å². The van der Waals surface area contributed by atoms with E-state index in [1.165, 1.54) is 31.3 Å². The number of carbonyl (C=O) groups excluding carboxylic acids is 2. The Kier molecular flexibility index (Phi) is 6.12. The lowest BCUT2D eigenvalue weighted by Gasteiger charge is -2.11. The van der Waals surface area contributed by atoms with Crippen molar-refractivity contribution in [2.45, 2.75) is 24.8 Å². The van der Waals surface area contributed by atoms with E-state index in [1.807, 2.05) is 0 Å². The van der Waals surface area contributed by atoms with E-state index in [1.54, 1.807) is 38.1 Å². The Morgan fingerprint density at radius 3 is 2.12 bits per heavy atom. The quantitative estimate of drug-likeness (QED) is 0.718. The topological polar surface area (TPSA) is 104 Å². The van der Waals surface area contributed by atoms with Crippen molar-refractivity contribution in [1.29, 1.82) is 0 Å². The van der Waals surface area contributed by atoms with Gasteiger partial charge in [-0.2, -0.15) is 0 Å². The van der Waals surface area contributed by atoms with Gasteiger partial charge in [-0.15, -0.1) is 0 Å². The standard InChI is InChI=1S/C18H21N3O4S/c1-12(2)21-26(24,25)14-10-8-13(9-11-14)17(22)20-16-7-5-4-6-15(16)18(23)19-3/h4-12,21H,1-3H3,(H,19,23)(H,20,22). The fourth-order valence-electron chi connectivity index (χ4n) is 2.28. The molecular formula is C18H21N3O4S. The zero-order chi connectivity index (χ0) is 19.3. The van der Waals surface area contributed by atoms with E-state index in [2.05, 4.69) is 15.4 Å². The first kappa shape index (κ1) is 19.6. The predicted molar refractivity (Wildman–Crippen MR) is 99.7 cm³/mol. The second kappa shape index (κ2) is 8.11. The number of benzene rings is 2. The van der Waals surface area contributed by atoms with Crippen LogP contribution in [0.15, 0.2) is 53.4 Å². The molecular weight excluding hydrogens is 354 g/mol. The third-order valence-corrected chi connectivity index (χ3v) is 5.14. The maximum atomic E-state index is 12.4. The molecule has 0 heterocycles. The second-order valence-corrected chi connectivity index (χ2v) is 7.59. The van der Waals surface area contributed by atoms with Gasteiger partial charge in [0.05, 0.1) is 16.1 Å². The maximum absolute atomic E-state index is 12.4. The maximum Gasteiger partial charge on any atom is 0.255 e. The van der Waals surface area contributed by atoms with Crippen molar-refractivity contribution in [3.05, 3.63) is 59.7 Å². The summed E-state index contributed by atoms with van der Waals surface area (Å²) in [5.41, 5.74) is 0.985. The van der Waals surface area contributed by atoms with Crippen LogP contribution in [0.5, 0.6) is 0 Å². The normalized spacial score (nSPS) is 11.2. The lowest BCUT2D eigenvalue weighted by Crippen LogP contribution is -2.30. The first-order chi connectivity index (χ1) is 12.2. The highest BCUT2D eigenvalue weighted by Crippen LogP contribution is 2.17. The van der Waals surface area contributed by atoms with Gasteiger partial charge in [0.2, 0.25) is 10.0 Å². The largest absolute Gasteiger partial charge is 0.355 e. The van der Waals surface area contributed by atoms with Gasteiger partial charge < -0.3 is 10.6 Å². The fourth-order valence-corrected chi connectivity index (χ4v) is 3.53. The number of anilines is 1. The van der Waals surface area contributed by atoms with Crippen LogP contribution in [-0.4, -0.2) is 33.3 Å². The van der Waals surface area contributed by atoms with Gasteiger partial charge in [-0.05, 0) is 50.2 Å². The van der Waals surface area contributed by atoms with Gasteiger partial charge >= 0.3 is 0 Å².